The normalized spacial score (nSPS) is 9.88. The summed E-state index contributed by atoms with van der Waals surface area (Å²) in [6.07, 6.45) is 4.68. The molecule has 2 heteroatoms. The van der Waals surface area contributed by atoms with E-state index >= 15 is 0 Å². The number of aryl methyl sites for hydroxylation is 2. The molecule has 86 valence electrons. The second-order valence-electron chi connectivity index (χ2n) is 3.88. The molecule has 0 unspecified atom stereocenters. The molecule has 0 radical (unpaired) electrons. The molecule has 0 amide bonds. The van der Waals surface area contributed by atoms with Gasteiger partial charge in [-0.15, -0.1) is 6.58 Å². The van der Waals surface area contributed by atoms with E-state index in [1.807, 2.05) is 32.1 Å². The number of hydrogen-bond acceptors (Lipinski definition) is 2. The lowest BCUT2D eigenvalue weighted by molar-refractivity contribution is 0.112. The Morgan fingerprint density at radius 2 is 1.94 bits per heavy atom. The maximum absolute atomic E-state index is 10.7. The van der Waals surface area contributed by atoms with Crippen LogP contribution in [0.1, 0.15) is 34.3 Å². The smallest absolute Gasteiger partial charge is 0.150 e. The van der Waals surface area contributed by atoms with Crippen molar-refractivity contribution >= 4 is 6.29 Å². The van der Waals surface area contributed by atoms with Crippen molar-refractivity contribution in [1.82, 2.24) is 0 Å². The van der Waals surface area contributed by atoms with Gasteiger partial charge in [0.2, 0.25) is 0 Å². The van der Waals surface area contributed by atoms with Gasteiger partial charge in [-0.2, -0.15) is 0 Å². The topological polar surface area (TPSA) is 26.3 Å². The maximum Gasteiger partial charge on any atom is 0.150 e. The molecule has 0 aliphatic heterocycles. The molecule has 16 heavy (non-hydrogen) atoms. The van der Waals surface area contributed by atoms with Gasteiger partial charge in [-0.1, -0.05) is 6.08 Å². The summed E-state index contributed by atoms with van der Waals surface area (Å²) in [7, 11) is 0. The van der Waals surface area contributed by atoms with Gasteiger partial charge in [-0.25, -0.2) is 0 Å². The fourth-order valence-electron chi connectivity index (χ4n) is 1.68. The number of unbranched alkanes of at least 4 members (excludes halogenated alkanes) is 1. The van der Waals surface area contributed by atoms with E-state index in [1.54, 1.807) is 0 Å². The van der Waals surface area contributed by atoms with Crippen molar-refractivity contribution in [2.45, 2.75) is 26.7 Å². The summed E-state index contributed by atoms with van der Waals surface area (Å²) in [6.45, 7) is 8.28. The highest BCUT2D eigenvalue weighted by molar-refractivity contribution is 5.76. The van der Waals surface area contributed by atoms with Crippen LogP contribution in [0.2, 0.25) is 0 Å². The van der Waals surface area contributed by atoms with Crippen LogP contribution < -0.4 is 4.74 Å². The van der Waals surface area contributed by atoms with Crippen molar-refractivity contribution in [3.63, 3.8) is 0 Å². The highest BCUT2D eigenvalue weighted by Crippen LogP contribution is 2.24. The lowest BCUT2D eigenvalue weighted by Crippen LogP contribution is -2.01. The number of rotatable bonds is 6. The van der Waals surface area contributed by atoms with Crippen LogP contribution >= 0.6 is 0 Å². The fraction of sp³-hybridized carbons (Fsp3) is 0.357. The minimum atomic E-state index is 0.689. The van der Waals surface area contributed by atoms with Gasteiger partial charge in [0.15, 0.2) is 0 Å². The molecule has 0 aromatic heterocycles. The molecule has 0 aliphatic rings. The zero-order valence-corrected chi connectivity index (χ0v) is 9.95. The van der Waals surface area contributed by atoms with Crippen LogP contribution in [0.25, 0.3) is 0 Å². The van der Waals surface area contributed by atoms with Gasteiger partial charge in [-0.05, 0) is 49.9 Å². The van der Waals surface area contributed by atoms with Gasteiger partial charge in [0.1, 0.15) is 12.0 Å². The van der Waals surface area contributed by atoms with Gasteiger partial charge in [-0.3, -0.25) is 4.79 Å². The average molecular weight is 218 g/mol. The fourth-order valence-corrected chi connectivity index (χ4v) is 1.68. The molecule has 0 saturated heterocycles. The molecule has 2 nitrogen and oxygen atoms in total. The second-order valence-corrected chi connectivity index (χ2v) is 3.88. The Kier molecular flexibility index (Phi) is 4.77. The van der Waals surface area contributed by atoms with Crippen molar-refractivity contribution in [1.29, 1.82) is 0 Å². The standard InChI is InChI=1S/C14H18O2/c1-4-5-6-7-16-14-11(2)8-13(10-15)9-12(14)3/h4,8-10H,1,5-7H2,2-3H3. The molecule has 1 aromatic carbocycles. The Labute approximate surface area is 96.9 Å². The summed E-state index contributed by atoms with van der Waals surface area (Å²) in [6, 6.07) is 3.70. The second kappa shape index (κ2) is 6.11. The Bertz CT molecular complexity index is 357. The molecule has 1 rings (SSSR count). The molecule has 0 bridgehead atoms. The summed E-state index contributed by atoms with van der Waals surface area (Å²) in [5.74, 6) is 0.898. The van der Waals surface area contributed by atoms with E-state index in [0.717, 1.165) is 36.0 Å². The zero-order chi connectivity index (χ0) is 12.0. The van der Waals surface area contributed by atoms with Crippen LogP contribution in [0.3, 0.4) is 0 Å². The molecule has 0 N–H and O–H groups in total. The first-order valence-electron chi connectivity index (χ1n) is 5.49. The largest absolute Gasteiger partial charge is 0.493 e. The van der Waals surface area contributed by atoms with Gasteiger partial charge in [0, 0.05) is 5.56 Å². The molecule has 0 atom stereocenters. The molecule has 0 fully saturated rings. The van der Waals surface area contributed by atoms with E-state index in [0.29, 0.717) is 12.2 Å². The van der Waals surface area contributed by atoms with Crippen LogP contribution in [-0.4, -0.2) is 12.9 Å². The number of allylic oxidation sites excluding steroid dienone is 1. The van der Waals surface area contributed by atoms with Crippen molar-refractivity contribution in [2.24, 2.45) is 0 Å². The molecule has 0 saturated carbocycles. The van der Waals surface area contributed by atoms with Gasteiger partial charge in [0.05, 0.1) is 6.61 Å². The van der Waals surface area contributed by atoms with Crippen molar-refractivity contribution < 1.29 is 9.53 Å². The van der Waals surface area contributed by atoms with Crippen LogP contribution in [0.4, 0.5) is 0 Å². The third kappa shape index (κ3) is 3.23. The monoisotopic (exact) mass is 218 g/mol. The van der Waals surface area contributed by atoms with Crippen LogP contribution in [-0.2, 0) is 0 Å². The maximum atomic E-state index is 10.7. The van der Waals surface area contributed by atoms with Crippen LogP contribution in [0.5, 0.6) is 5.75 Å². The third-order valence-electron chi connectivity index (χ3n) is 2.42. The van der Waals surface area contributed by atoms with E-state index in [9.17, 15) is 4.79 Å². The molecule has 0 heterocycles. The predicted molar refractivity (Wildman–Crippen MR) is 66.2 cm³/mol. The van der Waals surface area contributed by atoms with E-state index < -0.39 is 0 Å². The van der Waals surface area contributed by atoms with Crippen LogP contribution in [0, 0.1) is 13.8 Å². The molecule has 0 spiro atoms. The lowest BCUT2D eigenvalue weighted by atomic mass is 10.1. The molecule has 0 aliphatic carbocycles. The van der Waals surface area contributed by atoms with Crippen molar-refractivity contribution in [3.8, 4) is 5.75 Å². The number of aldehydes is 1. The Morgan fingerprint density at radius 1 is 1.31 bits per heavy atom. The minimum absolute atomic E-state index is 0.689. The third-order valence-corrected chi connectivity index (χ3v) is 2.42. The number of hydrogen-bond donors (Lipinski definition) is 0. The summed E-state index contributed by atoms with van der Waals surface area (Å²) in [5, 5.41) is 0. The first kappa shape index (κ1) is 12.5. The number of carbonyl (C=O) groups excluding carboxylic acids is 1. The lowest BCUT2D eigenvalue weighted by Gasteiger charge is -2.12. The van der Waals surface area contributed by atoms with E-state index in [-0.39, 0.29) is 0 Å². The summed E-state index contributed by atoms with van der Waals surface area (Å²) < 4.78 is 5.71. The minimum Gasteiger partial charge on any atom is -0.493 e. The number of carbonyl (C=O) groups is 1. The Morgan fingerprint density at radius 3 is 2.44 bits per heavy atom. The summed E-state index contributed by atoms with van der Waals surface area (Å²) >= 11 is 0. The zero-order valence-electron chi connectivity index (χ0n) is 9.95. The highest BCUT2D eigenvalue weighted by atomic mass is 16.5. The van der Waals surface area contributed by atoms with Crippen molar-refractivity contribution in [2.75, 3.05) is 6.61 Å². The highest BCUT2D eigenvalue weighted by Gasteiger charge is 2.05. The summed E-state index contributed by atoms with van der Waals surface area (Å²) in [4.78, 5) is 10.7. The van der Waals surface area contributed by atoms with E-state index in [4.69, 9.17) is 4.74 Å². The Balaban J connectivity index is 2.72. The molecular formula is C14H18O2. The van der Waals surface area contributed by atoms with Gasteiger partial charge in [0.25, 0.3) is 0 Å². The average Bonchev–Trinajstić information content (AvgIpc) is 2.26. The van der Waals surface area contributed by atoms with Gasteiger partial charge >= 0.3 is 0 Å². The predicted octanol–water partition coefficient (Wildman–Crippen LogP) is 3.46. The number of benzene rings is 1. The first-order chi connectivity index (χ1) is 7.69. The van der Waals surface area contributed by atoms with Crippen molar-refractivity contribution in [3.05, 3.63) is 41.5 Å². The Hall–Kier alpha value is -1.57. The van der Waals surface area contributed by atoms with E-state index in [2.05, 4.69) is 6.58 Å². The van der Waals surface area contributed by atoms with Crippen LogP contribution in [0.15, 0.2) is 24.8 Å². The van der Waals surface area contributed by atoms with E-state index in [1.165, 1.54) is 0 Å². The molecular weight excluding hydrogens is 200 g/mol. The molecule has 1 aromatic rings. The SMILES string of the molecule is C=CCCCOc1c(C)cc(C=O)cc1C. The van der Waals surface area contributed by atoms with Gasteiger partial charge < -0.3 is 4.74 Å². The summed E-state index contributed by atoms with van der Waals surface area (Å²) in [5.41, 5.74) is 2.73. The number of ether oxygens (including phenoxy) is 1. The quantitative estimate of drug-likeness (QED) is 0.415. The first-order valence-corrected chi connectivity index (χ1v) is 5.49.